The summed E-state index contributed by atoms with van der Waals surface area (Å²) in [6, 6.07) is 8.92. The van der Waals surface area contributed by atoms with Crippen molar-refractivity contribution in [1.29, 1.82) is 0 Å². The predicted molar refractivity (Wildman–Crippen MR) is 62.3 cm³/mol. The van der Waals surface area contributed by atoms with Crippen LogP contribution in [0.4, 0.5) is 0 Å². The highest BCUT2D eigenvalue weighted by Crippen LogP contribution is 2.32. The molecule has 2 rings (SSSR count). The molecular weight excluding hydrogens is 200 g/mol. The lowest BCUT2D eigenvalue weighted by atomic mass is 9.89. The molecule has 16 heavy (non-hydrogen) atoms. The second kappa shape index (κ2) is 4.99. The van der Waals surface area contributed by atoms with Gasteiger partial charge in [0.05, 0.1) is 13.2 Å². The van der Waals surface area contributed by atoms with Crippen LogP contribution in [0.1, 0.15) is 11.5 Å². The number of ether oxygens (including phenoxy) is 2. The Hall–Kier alpha value is -1.54. The van der Waals surface area contributed by atoms with Gasteiger partial charge >= 0.3 is 0 Å². The zero-order valence-corrected chi connectivity index (χ0v) is 9.44. The summed E-state index contributed by atoms with van der Waals surface area (Å²) in [5.74, 6) is 0.872. The van der Waals surface area contributed by atoms with Gasteiger partial charge in [0.1, 0.15) is 5.75 Å². The van der Waals surface area contributed by atoms with Gasteiger partial charge in [-0.2, -0.15) is 0 Å². The van der Waals surface area contributed by atoms with Crippen LogP contribution in [0.3, 0.4) is 0 Å². The average Bonchev–Trinajstić information content (AvgIpc) is 2.38. The Bertz CT molecular complexity index is 407. The SMILES string of the molecule is COc1ccc[c]c1C1[C]=CC=C[C@@H]1OC. The summed E-state index contributed by atoms with van der Waals surface area (Å²) in [6.45, 7) is 0. The lowest BCUT2D eigenvalue weighted by molar-refractivity contribution is 0.125. The quantitative estimate of drug-likeness (QED) is 0.769. The molecule has 1 aliphatic rings. The van der Waals surface area contributed by atoms with Crippen molar-refractivity contribution in [3.8, 4) is 5.75 Å². The van der Waals surface area contributed by atoms with Crippen LogP contribution in [-0.2, 0) is 4.74 Å². The second-order valence-electron chi connectivity index (χ2n) is 3.55. The fourth-order valence-corrected chi connectivity index (χ4v) is 1.85. The minimum atomic E-state index is -0.00227. The molecule has 0 amide bonds. The van der Waals surface area contributed by atoms with E-state index >= 15 is 0 Å². The molecule has 0 heterocycles. The first-order chi connectivity index (χ1) is 7.86. The van der Waals surface area contributed by atoms with E-state index in [9.17, 15) is 0 Å². The maximum absolute atomic E-state index is 5.41. The molecule has 0 saturated carbocycles. The number of benzene rings is 1. The number of hydrogen-bond donors (Lipinski definition) is 0. The Morgan fingerprint density at radius 1 is 1.31 bits per heavy atom. The molecule has 0 aromatic heterocycles. The van der Waals surface area contributed by atoms with E-state index in [0.717, 1.165) is 11.3 Å². The van der Waals surface area contributed by atoms with Gasteiger partial charge < -0.3 is 9.47 Å². The van der Waals surface area contributed by atoms with E-state index in [4.69, 9.17) is 9.47 Å². The first-order valence-corrected chi connectivity index (χ1v) is 5.20. The maximum atomic E-state index is 5.41. The molecule has 2 heteroatoms. The fraction of sp³-hybridized carbons (Fsp3) is 0.286. The molecule has 1 aliphatic carbocycles. The lowest BCUT2D eigenvalue weighted by Crippen LogP contribution is -2.19. The Kier molecular flexibility index (Phi) is 3.42. The molecule has 0 spiro atoms. The van der Waals surface area contributed by atoms with Gasteiger partial charge in [-0.15, -0.1) is 0 Å². The van der Waals surface area contributed by atoms with Crippen molar-refractivity contribution in [2.75, 3.05) is 14.2 Å². The highest BCUT2D eigenvalue weighted by atomic mass is 16.5. The van der Waals surface area contributed by atoms with Crippen molar-refractivity contribution in [3.63, 3.8) is 0 Å². The number of rotatable bonds is 3. The monoisotopic (exact) mass is 214 g/mol. The van der Waals surface area contributed by atoms with Crippen LogP contribution in [0.2, 0.25) is 0 Å². The lowest BCUT2D eigenvalue weighted by Gasteiger charge is -2.23. The third kappa shape index (κ3) is 2.02. The van der Waals surface area contributed by atoms with Gasteiger partial charge in [-0.3, -0.25) is 0 Å². The van der Waals surface area contributed by atoms with Crippen molar-refractivity contribution in [2.45, 2.75) is 12.0 Å². The summed E-state index contributed by atoms with van der Waals surface area (Å²) in [4.78, 5) is 0. The first-order valence-electron chi connectivity index (χ1n) is 5.20. The van der Waals surface area contributed by atoms with Gasteiger partial charge in [-0.1, -0.05) is 30.4 Å². The zero-order chi connectivity index (χ0) is 11.4. The molecule has 0 fully saturated rings. The molecule has 0 aliphatic heterocycles. The third-order valence-electron chi connectivity index (χ3n) is 2.65. The fourth-order valence-electron chi connectivity index (χ4n) is 1.85. The summed E-state index contributed by atoms with van der Waals surface area (Å²) in [7, 11) is 3.36. The Morgan fingerprint density at radius 3 is 2.94 bits per heavy atom. The van der Waals surface area contributed by atoms with Gasteiger partial charge in [-0.25, -0.2) is 0 Å². The van der Waals surface area contributed by atoms with Crippen LogP contribution < -0.4 is 4.74 Å². The normalized spacial score (nSPS) is 23.4. The molecular formula is C14H14O2. The third-order valence-corrected chi connectivity index (χ3v) is 2.65. The average molecular weight is 214 g/mol. The summed E-state index contributed by atoms with van der Waals surface area (Å²) in [5.41, 5.74) is 0.984. The summed E-state index contributed by atoms with van der Waals surface area (Å²) < 4.78 is 10.7. The highest BCUT2D eigenvalue weighted by molar-refractivity contribution is 5.39. The summed E-state index contributed by atoms with van der Waals surface area (Å²) >= 11 is 0. The van der Waals surface area contributed by atoms with E-state index in [0.29, 0.717) is 0 Å². The Labute approximate surface area is 96.2 Å². The van der Waals surface area contributed by atoms with Crippen LogP contribution >= 0.6 is 0 Å². The summed E-state index contributed by atoms with van der Waals surface area (Å²) in [5, 5.41) is 0. The zero-order valence-electron chi connectivity index (χ0n) is 9.44. The van der Waals surface area contributed by atoms with Gasteiger partial charge in [0.15, 0.2) is 0 Å². The number of allylic oxidation sites excluding steroid dienone is 2. The molecule has 2 radical (unpaired) electrons. The standard InChI is InChI=1S/C14H14O2/c1-15-13-9-5-3-7-11(13)12-8-4-6-10-14(12)16-2/h3-6,9-11,13H,1-2H3/t11?,13-/m0/s1. The van der Waals surface area contributed by atoms with Crippen LogP contribution in [0.15, 0.2) is 36.4 Å². The molecule has 2 nitrogen and oxygen atoms in total. The van der Waals surface area contributed by atoms with E-state index in [-0.39, 0.29) is 12.0 Å². The molecule has 1 aromatic carbocycles. The Balaban J connectivity index is 2.35. The van der Waals surface area contributed by atoms with Crippen LogP contribution in [0.5, 0.6) is 5.75 Å². The van der Waals surface area contributed by atoms with Crippen LogP contribution in [0, 0.1) is 12.1 Å². The molecule has 1 aromatic rings. The van der Waals surface area contributed by atoms with Crippen molar-refractivity contribution in [3.05, 3.63) is 54.1 Å². The first kappa shape index (κ1) is 11.0. The van der Waals surface area contributed by atoms with Crippen molar-refractivity contribution < 1.29 is 9.47 Å². The van der Waals surface area contributed by atoms with E-state index in [1.54, 1.807) is 14.2 Å². The second-order valence-corrected chi connectivity index (χ2v) is 3.55. The Morgan fingerprint density at radius 2 is 2.19 bits per heavy atom. The molecule has 1 unspecified atom stereocenters. The van der Waals surface area contributed by atoms with E-state index in [1.165, 1.54) is 0 Å². The minimum absolute atomic E-state index is 0.00227. The van der Waals surface area contributed by atoms with E-state index in [1.807, 2.05) is 36.4 Å². The predicted octanol–water partition coefficient (Wildman–Crippen LogP) is 2.52. The van der Waals surface area contributed by atoms with Crippen molar-refractivity contribution in [1.82, 2.24) is 0 Å². The largest absolute Gasteiger partial charge is 0.496 e. The van der Waals surface area contributed by atoms with E-state index in [2.05, 4.69) is 12.1 Å². The number of hydrogen-bond acceptors (Lipinski definition) is 2. The molecule has 0 bridgehead atoms. The molecule has 0 saturated heterocycles. The van der Waals surface area contributed by atoms with Gasteiger partial charge in [-0.05, 0) is 18.2 Å². The smallest absolute Gasteiger partial charge is 0.123 e. The van der Waals surface area contributed by atoms with Gasteiger partial charge in [0, 0.05) is 18.6 Å². The van der Waals surface area contributed by atoms with Crippen molar-refractivity contribution >= 4 is 0 Å². The maximum Gasteiger partial charge on any atom is 0.123 e. The molecule has 2 atom stereocenters. The molecule has 82 valence electrons. The minimum Gasteiger partial charge on any atom is -0.496 e. The van der Waals surface area contributed by atoms with Crippen LogP contribution in [-0.4, -0.2) is 20.3 Å². The summed E-state index contributed by atoms with van der Waals surface area (Å²) in [6.07, 6.45) is 9.12. The highest BCUT2D eigenvalue weighted by Gasteiger charge is 2.23. The van der Waals surface area contributed by atoms with Gasteiger partial charge in [0.2, 0.25) is 0 Å². The topological polar surface area (TPSA) is 18.5 Å². The van der Waals surface area contributed by atoms with Gasteiger partial charge in [0.25, 0.3) is 0 Å². The van der Waals surface area contributed by atoms with Crippen LogP contribution in [0.25, 0.3) is 0 Å². The van der Waals surface area contributed by atoms with Crippen molar-refractivity contribution in [2.24, 2.45) is 0 Å². The molecule has 0 N–H and O–H groups in total. The number of methoxy groups -OCH3 is 2. The van der Waals surface area contributed by atoms with E-state index < -0.39 is 0 Å².